The molecule has 1 aromatic rings. The molecule has 1 aromatic heterocycles. The summed E-state index contributed by atoms with van der Waals surface area (Å²) in [5, 5.41) is 0.884. The van der Waals surface area contributed by atoms with E-state index in [1.807, 2.05) is 0 Å². The van der Waals surface area contributed by atoms with Gasteiger partial charge in [0, 0.05) is 0 Å². The molecule has 0 bridgehead atoms. The minimum absolute atomic E-state index is 0.00435. The molecule has 1 rings (SSSR count). The molecule has 1 heterocycles. The second-order valence-corrected chi connectivity index (χ2v) is 4.44. The Bertz CT molecular complexity index is 333. The van der Waals surface area contributed by atoms with Crippen LogP contribution in [-0.4, -0.2) is 17.5 Å². The van der Waals surface area contributed by atoms with Crippen LogP contribution in [0.4, 0.5) is 4.39 Å². The van der Waals surface area contributed by atoms with E-state index >= 15 is 0 Å². The Balaban J connectivity index is 3.39. The molecule has 6 heteroatoms. The summed E-state index contributed by atoms with van der Waals surface area (Å²) in [5.41, 5.74) is 0. The number of rotatable bonds is 2. The lowest BCUT2D eigenvalue weighted by Crippen LogP contribution is -1.92. The molecule has 0 radical (unpaired) electrons. The minimum Gasteiger partial charge on any atom is -0.210 e. The third-order valence-electron chi connectivity index (χ3n) is 1.36. The van der Waals surface area contributed by atoms with Crippen molar-refractivity contribution in [2.45, 2.75) is 9.92 Å². The van der Waals surface area contributed by atoms with E-state index in [-0.39, 0.29) is 5.02 Å². The maximum absolute atomic E-state index is 13.1. The second kappa shape index (κ2) is 4.73. The Kier molecular flexibility index (Phi) is 4.16. The van der Waals surface area contributed by atoms with Gasteiger partial charge in [-0.2, -0.15) is 4.39 Å². The molecule has 0 aliphatic rings. The van der Waals surface area contributed by atoms with Crippen molar-refractivity contribution in [3.63, 3.8) is 0 Å². The van der Waals surface area contributed by atoms with Crippen molar-refractivity contribution in [3.8, 4) is 0 Å². The quantitative estimate of drug-likeness (QED) is 0.588. The number of pyridine rings is 1. The number of hydrogen-bond donors (Lipinski definition) is 0. The largest absolute Gasteiger partial charge is 0.233 e. The maximum Gasteiger partial charge on any atom is 0.233 e. The van der Waals surface area contributed by atoms with Crippen molar-refractivity contribution in [1.29, 1.82) is 0 Å². The van der Waals surface area contributed by atoms with E-state index in [1.54, 1.807) is 12.5 Å². The van der Waals surface area contributed by atoms with E-state index in [2.05, 4.69) is 4.98 Å². The zero-order valence-corrected chi connectivity index (χ0v) is 10.0. The lowest BCUT2D eigenvalue weighted by molar-refractivity contribution is 0.568. The van der Waals surface area contributed by atoms with Gasteiger partial charge in [-0.25, -0.2) is 4.98 Å². The van der Waals surface area contributed by atoms with E-state index in [1.165, 1.54) is 23.5 Å². The summed E-state index contributed by atoms with van der Waals surface area (Å²) in [6.07, 6.45) is 3.57. The van der Waals surface area contributed by atoms with Crippen LogP contribution in [0.1, 0.15) is 0 Å². The van der Waals surface area contributed by atoms with Crippen molar-refractivity contribution in [1.82, 2.24) is 4.98 Å². The third kappa shape index (κ3) is 2.24. The molecular weight excluding hydrogens is 252 g/mol. The lowest BCUT2D eigenvalue weighted by atomic mass is 10.5. The van der Waals surface area contributed by atoms with E-state index < -0.39 is 5.95 Å². The van der Waals surface area contributed by atoms with Crippen LogP contribution >= 0.6 is 46.7 Å². The third-order valence-corrected chi connectivity index (χ3v) is 3.91. The highest BCUT2D eigenvalue weighted by Crippen LogP contribution is 2.38. The molecule has 0 spiro atoms. The summed E-state index contributed by atoms with van der Waals surface area (Å²) in [6.45, 7) is 0. The monoisotopic (exact) mass is 257 g/mol. The van der Waals surface area contributed by atoms with Gasteiger partial charge >= 0.3 is 0 Å². The Hall–Kier alpha value is 0.360. The average Bonchev–Trinajstić information content (AvgIpc) is 2.12. The van der Waals surface area contributed by atoms with E-state index in [4.69, 9.17) is 23.2 Å². The zero-order chi connectivity index (χ0) is 10.0. The zero-order valence-electron chi connectivity index (χ0n) is 6.90. The molecular formula is C7H6Cl2FNS2. The van der Waals surface area contributed by atoms with Gasteiger partial charge in [-0.3, -0.25) is 0 Å². The molecule has 0 N–H and O–H groups in total. The highest BCUT2D eigenvalue weighted by atomic mass is 35.5. The maximum atomic E-state index is 13.1. The number of nitrogens with zero attached hydrogens (tertiary/aromatic N) is 1. The van der Waals surface area contributed by atoms with Gasteiger partial charge in [0.15, 0.2) is 0 Å². The topological polar surface area (TPSA) is 12.9 Å². The predicted molar refractivity (Wildman–Crippen MR) is 57.8 cm³/mol. The van der Waals surface area contributed by atoms with Crippen LogP contribution in [0.25, 0.3) is 0 Å². The van der Waals surface area contributed by atoms with Crippen LogP contribution in [0.3, 0.4) is 0 Å². The number of thioether (sulfide) groups is 2. The summed E-state index contributed by atoms with van der Waals surface area (Å²) >= 11 is 14.2. The molecule has 0 fully saturated rings. The first-order chi connectivity index (χ1) is 6.11. The van der Waals surface area contributed by atoms with Gasteiger partial charge in [-0.15, -0.1) is 23.5 Å². The Morgan fingerprint density at radius 3 is 2.23 bits per heavy atom. The normalized spacial score (nSPS) is 10.5. The highest BCUT2D eigenvalue weighted by Gasteiger charge is 2.15. The van der Waals surface area contributed by atoms with Crippen LogP contribution in [0.2, 0.25) is 10.0 Å². The molecule has 13 heavy (non-hydrogen) atoms. The molecule has 0 aliphatic carbocycles. The van der Waals surface area contributed by atoms with Gasteiger partial charge in [0.05, 0.1) is 9.92 Å². The highest BCUT2D eigenvalue weighted by molar-refractivity contribution is 7.99. The fourth-order valence-electron chi connectivity index (χ4n) is 0.789. The molecule has 0 saturated heterocycles. The van der Waals surface area contributed by atoms with Crippen molar-refractivity contribution < 1.29 is 4.39 Å². The van der Waals surface area contributed by atoms with Crippen molar-refractivity contribution >= 4 is 46.7 Å². The molecule has 0 atom stereocenters. The Labute approximate surface area is 94.4 Å². The first kappa shape index (κ1) is 11.4. The summed E-state index contributed by atoms with van der Waals surface area (Å²) < 4.78 is 13.1. The molecule has 1 nitrogen and oxygen atoms in total. The van der Waals surface area contributed by atoms with Gasteiger partial charge in [0.2, 0.25) is 5.95 Å². The van der Waals surface area contributed by atoms with Gasteiger partial charge in [-0.05, 0) is 12.5 Å². The van der Waals surface area contributed by atoms with E-state index in [0.717, 1.165) is 0 Å². The van der Waals surface area contributed by atoms with Crippen LogP contribution in [-0.2, 0) is 0 Å². The van der Waals surface area contributed by atoms with Crippen molar-refractivity contribution in [2.75, 3.05) is 12.5 Å². The summed E-state index contributed by atoms with van der Waals surface area (Å²) in [7, 11) is 0. The number of halogens is 3. The lowest BCUT2D eigenvalue weighted by Gasteiger charge is -2.07. The van der Waals surface area contributed by atoms with Crippen molar-refractivity contribution in [2.24, 2.45) is 0 Å². The average molecular weight is 258 g/mol. The minimum atomic E-state index is -0.667. The fraction of sp³-hybridized carbons (Fsp3) is 0.286. The standard InChI is InChI=1S/C7H6Cl2FNS2/c1-12-5-3(8)6(10)11-7(13-2)4(5)9/h1-2H3. The summed E-state index contributed by atoms with van der Waals surface area (Å²) in [4.78, 5) is 4.16. The predicted octanol–water partition coefficient (Wildman–Crippen LogP) is 3.97. The van der Waals surface area contributed by atoms with Gasteiger partial charge < -0.3 is 0 Å². The first-order valence-electron chi connectivity index (χ1n) is 3.24. The van der Waals surface area contributed by atoms with Crippen molar-refractivity contribution in [3.05, 3.63) is 16.0 Å². The number of aromatic nitrogens is 1. The SMILES string of the molecule is CSc1nc(F)c(Cl)c(SC)c1Cl. The van der Waals surface area contributed by atoms with Crippen LogP contribution in [0.5, 0.6) is 0 Å². The molecule has 72 valence electrons. The van der Waals surface area contributed by atoms with Crippen LogP contribution in [0, 0.1) is 5.95 Å². The molecule has 0 aromatic carbocycles. The van der Waals surface area contributed by atoms with Crippen LogP contribution < -0.4 is 0 Å². The molecule has 0 unspecified atom stereocenters. The van der Waals surface area contributed by atoms with Gasteiger partial charge in [-0.1, -0.05) is 23.2 Å². The summed E-state index contributed by atoms with van der Waals surface area (Å²) in [6, 6.07) is 0. The smallest absolute Gasteiger partial charge is 0.210 e. The second-order valence-electron chi connectivity index (χ2n) is 2.07. The van der Waals surface area contributed by atoms with Gasteiger partial charge in [0.1, 0.15) is 10.0 Å². The summed E-state index contributed by atoms with van der Waals surface area (Å²) in [5.74, 6) is -0.667. The molecule has 0 aliphatic heterocycles. The van der Waals surface area contributed by atoms with Crippen LogP contribution in [0.15, 0.2) is 9.92 Å². The van der Waals surface area contributed by atoms with E-state index in [0.29, 0.717) is 14.9 Å². The Morgan fingerprint density at radius 2 is 1.77 bits per heavy atom. The molecule has 0 saturated carbocycles. The number of hydrogen-bond acceptors (Lipinski definition) is 3. The first-order valence-corrected chi connectivity index (χ1v) is 6.44. The van der Waals surface area contributed by atoms with E-state index in [9.17, 15) is 4.39 Å². The van der Waals surface area contributed by atoms with Gasteiger partial charge in [0.25, 0.3) is 0 Å². The Morgan fingerprint density at radius 1 is 1.15 bits per heavy atom. The fourth-order valence-corrected chi connectivity index (χ4v) is 2.86. The molecule has 0 amide bonds.